The van der Waals surface area contributed by atoms with Gasteiger partial charge in [0.1, 0.15) is 11.4 Å². The summed E-state index contributed by atoms with van der Waals surface area (Å²) in [6, 6.07) is 6.53. The molecular formula is C19H26ClN3O3. The van der Waals surface area contributed by atoms with Crippen LogP contribution in [0.3, 0.4) is 0 Å². The molecule has 0 bridgehead atoms. The topological polar surface area (TPSA) is 105 Å². The Bertz CT molecular complexity index is 699. The van der Waals surface area contributed by atoms with Crippen molar-refractivity contribution in [2.45, 2.75) is 33.6 Å². The lowest BCUT2D eigenvalue weighted by Gasteiger charge is -2.14. The highest BCUT2D eigenvalue weighted by molar-refractivity contribution is 6.34. The maximum Gasteiger partial charge on any atom is 0.344 e. The van der Waals surface area contributed by atoms with Gasteiger partial charge in [-0.2, -0.15) is 0 Å². The summed E-state index contributed by atoms with van der Waals surface area (Å²) in [6.45, 7) is 6.00. The van der Waals surface area contributed by atoms with Crippen molar-refractivity contribution in [3.8, 4) is 0 Å². The summed E-state index contributed by atoms with van der Waals surface area (Å²) < 4.78 is 5.08. The quantitative estimate of drug-likeness (QED) is 0.250. The largest absolute Gasteiger partial charge is 0.454 e. The molecule has 0 heterocycles. The van der Waals surface area contributed by atoms with Crippen molar-refractivity contribution >= 4 is 29.1 Å². The summed E-state index contributed by atoms with van der Waals surface area (Å²) in [7, 11) is 0. The number of nitrogens with two attached hydrogens (primary N) is 1. The van der Waals surface area contributed by atoms with Gasteiger partial charge in [0.2, 0.25) is 5.78 Å². The highest BCUT2D eigenvalue weighted by atomic mass is 35.5. The Morgan fingerprint density at radius 2 is 1.96 bits per heavy atom. The molecule has 0 atom stereocenters. The molecule has 4 N–H and O–H groups in total. The van der Waals surface area contributed by atoms with Crippen molar-refractivity contribution in [2.24, 2.45) is 11.7 Å². The van der Waals surface area contributed by atoms with Crippen LogP contribution < -0.4 is 11.1 Å². The van der Waals surface area contributed by atoms with Gasteiger partial charge in [0.05, 0.1) is 5.02 Å². The van der Waals surface area contributed by atoms with Crippen molar-refractivity contribution in [2.75, 3.05) is 13.2 Å². The SMILES string of the molecule is CCC(=N)/C(C(=O)OCC(=O)c1ccccc1Cl)=C(/N)NCCC(C)C. The number of halogens is 1. The van der Waals surface area contributed by atoms with E-state index in [9.17, 15) is 9.59 Å². The van der Waals surface area contributed by atoms with E-state index in [1.54, 1.807) is 31.2 Å². The zero-order valence-electron chi connectivity index (χ0n) is 15.4. The summed E-state index contributed by atoms with van der Waals surface area (Å²) >= 11 is 5.97. The molecule has 0 saturated heterocycles. The van der Waals surface area contributed by atoms with E-state index >= 15 is 0 Å². The molecule has 6 nitrogen and oxygen atoms in total. The van der Waals surface area contributed by atoms with E-state index in [-0.39, 0.29) is 22.7 Å². The summed E-state index contributed by atoms with van der Waals surface area (Å²) in [4.78, 5) is 24.5. The van der Waals surface area contributed by atoms with Crippen molar-refractivity contribution in [1.29, 1.82) is 5.41 Å². The van der Waals surface area contributed by atoms with Gasteiger partial charge >= 0.3 is 5.97 Å². The summed E-state index contributed by atoms with van der Waals surface area (Å²) in [6.07, 6.45) is 1.18. The number of hydrogen-bond donors (Lipinski definition) is 3. The van der Waals surface area contributed by atoms with Gasteiger partial charge in [-0.15, -0.1) is 0 Å². The van der Waals surface area contributed by atoms with Crippen LogP contribution in [0, 0.1) is 11.3 Å². The van der Waals surface area contributed by atoms with Crippen LogP contribution in [0.1, 0.15) is 44.0 Å². The first-order valence-corrected chi connectivity index (χ1v) is 8.91. The maximum absolute atomic E-state index is 12.4. The Balaban J connectivity index is 2.82. The molecule has 142 valence electrons. The number of ketones is 1. The van der Waals surface area contributed by atoms with Crippen LogP contribution in [-0.2, 0) is 9.53 Å². The molecule has 0 aliphatic carbocycles. The Morgan fingerprint density at radius 1 is 1.31 bits per heavy atom. The summed E-state index contributed by atoms with van der Waals surface area (Å²) in [5.74, 6) is -0.651. The number of carbonyl (C=O) groups is 2. The summed E-state index contributed by atoms with van der Waals surface area (Å²) in [5.41, 5.74) is 6.23. The number of rotatable bonds is 10. The molecule has 7 heteroatoms. The van der Waals surface area contributed by atoms with E-state index in [4.69, 9.17) is 27.5 Å². The monoisotopic (exact) mass is 379 g/mol. The fourth-order valence-electron chi connectivity index (χ4n) is 2.12. The van der Waals surface area contributed by atoms with E-state index in [1.165, 1.54) is 0 Å². The van der Waals surface area contributed by atoms with Gasteiger partial charge in [-0.25, -0.2) is 4.79 Å². The van der Waals surface area contributed by atoms with Crippen LogP contribution in [0.2, 0.25) is 5.02 Å². The number of Topliss-reactive ketones (excluding diaryl/α,β-unsaturated/α-hetero) is 1. The number of carbonyl (C=O) groups excluding carboxylic acids is 2. The predicted octanol–water partition coefficient (Wildman–Crippen LogP) is 3.30. The molecule has 0 amide bonds. The van der Waals surface area contributed by atoms with Crippen LogP contribution in [-0.4, -0.2) is 30.6 Å². The third-order valence-electron chi connectivity index (χ3n) is 3.67. The smallest absolute Gasteiger partial charge is 0.344 e. The molecule has 0 aliphatic heterocycles. The van der Waals surface area contributed by atoms with Crippen molar-refractivity contribution < 1.29 is 14.3 Å². The number of nitrogens with one attached hydrogen (secondary N) is 2. The summed E-state index contributed by atoms with van der Waals surface area (Å²) in [5, 5.41) is 11.2. The average molecular weight is 380 g/mol. The molecule has 0 aromatic heterocycles. The van der Waals surface area contributed by atoms with E-state index in [0.717, 1.165) is 6.42 Å². The Morgan fingerprint density at radius 3 is 2.54 bits per heavy atom. The minimum Gasteiger partial charge on any atom is -0.454 e. The Labute approximate surface area is 159 Å². The van der Waals surface area contributed by atoms with Crippen molar-refractivity contribution in [3.05, 3.63) is 46.2 Å². The first-order chi connectivity index (χ1) is 12.3. The number of esters is 1. The minimum absolute atomic E-state index is 0.0387. The second-order valence-electron chi connectivity index (χ2n) is 6.21. The van der Waals surface area contributed by atoms with E-state index < -0.39 is 18.4 Å². The lowest BCUT2D eigenvalue weighted by atomic mass is 10.1. The molecule has 1 aromatic carbocycles. The molecule has 0 spiro atoms. The zero-order valence-corrected chi connectivity index (χ0v) is 16.2. The molecule has 0 fully saturated rings. The standard InChI is InChI=1S/C19H26ClN3O3/c1-4-15(21)17(18(22)23-10-9-12(2)3)19(25)26-11-16(24)13-7-5-6-8-14(13)20/h5-8,12,21,23H,4,9-11,22H2,1-3H3/b18-17+,21-15?. The normalized spacial score (nSPS) is 11.7. The third-order valence-corrected chi connectivity index (χ3v) is 4.00. The highest BCUT2D eigenvalue weighted by Crippen LogP contribution is 2.16. The first-order valence-electron chi connectivity index (χ1n) is 8.54. The van der Waals surface area contributed by atoms with Gasteiger partial charge in [-0.1, -0.05) is 44.5 Å². The Hall–Kier alpha value is -2.34. The van der Waals surface area contributed by atoms with Crippen LogP contribution in [0.15, 0.2) is 35.7 Å². The fraction of sp³-hybridized carbons (Fsp3) is 0.421. The molecule has 0 aliphatic rings. The van der Waals surface area contributed by atoms with Crippen molar-refractivity contribution in [3.63, 3.8) is 0 Å². The average Bonchev–Trinajstić information content (AvgIpc) is 2.59. The van der Waals surface area contributed by atoms with Crippen LogP contribution in [0.25, 0.3) is 0 Å². The second kappa shape index (κ2) is 10.6. The highest BCUT2D eigenvalue weighted by Gasteiger charge is 2.21. The number of benzene rings is 1. The van der Waals surface area contributed by atoms with E-state index in [1.807, 2.05) is 0 Å². The Kier molecular flexibility index (Phi) is 8.85. The van der Waals surface area contributed by atoms with Gasteiger partial charge in [-0.3, -0.25) is 4.79 Å². The molecule has 0 radical (unpaired) electrons. The molecule has 1 aromatic rings. The van der Waals surface area contributed by atoms with Crippen molar-refractivity contribution in [1.82, 2.24) is 5.32 Å². The fourth-order valence-corrected chi connectivity index (χ4v) is 2.37. The third kappa shape index (κ3) is 6.52. The van der Waals surface area contributed by atoms with Gasteiger partial charge < -0.3 is 21.2 Å². The van der Waals surface area contributed by atoms with Gasteiger partial charge in [0.15, 0.2) is 6.61 Å². The molecule has 26 heavy (non-hydrogen) atoms. The lowest BCUT2D eigenvalue weighted by molar-refractivity contribution is -0.137. The molecule has 1 rings (SSSR count). The zero-order chi connectivity index (χ0) is 19.7. The van der Waals surface area contributed by atoms with Gasteiger partial charge in [0, 0.05) is 17.8 Å². The number of hydrogen-bond acceptors (Lipinski definition) is 6. The van der Waals surface area contributed by atoms with Gasteiger partial charge in [-0.05, 0) is 30.9 Å². The second-order valence-corrected chi connectivity index (χ2v) is 6.62. The molecule has 0 saturated carbocycles. The number of ether oxygens (including phenoxy) is 1. The van der Waals surface area contributed by atoms with Crippen LogP contribution in [0.4, 0.5) is 0 Å². The molecular weight excluding hydrogens is 354 g/mol. The maximum atomic E-state index is 12.4. The van der Waals surface area contributed by atoms with Gasteiger partial charge in [0.25, 0.3) is 0 Å². The first kappa shape index (κ1) is 21.7. The predicted molar refractivity (Wildman–Crippen MR) is 103 cm³/mol. The van der Waals surface area contributed by atoms with Crippen LogP contribution >= 0.6 is 11.6 Å². The lowest BCUT2D eigenvalue weighted by Crippen LogP contribution is -2.30. The van der Waals surface area contributed by atoms with Crippen LogP contribution in [0.5, 0.6) is 0 Å². The van der Waals surface area contributed by atoms with E-state index in [2.05, 4.69) is 19.2 Å². The minimum atomic E-state index is -0.799. The molecule has 0 unspecified atom stereocenters. The van der Waals surface area contributed by atoms with E-state index in [0.29, 0.717) is 23.9 Å².